The molecule has 4 rings (SSSR count). The highest BCUT2D eigenvalue weighted by Crippen LogP contribution is 2.41. The Morgan fingerprint density at radius 2 is 1.96 bits per heavy atom. The van der Waals surface area contributed by atoms with Crippen molar-refractivity contribution in [2.75, 3.05) is 24.5 Å². The largest absolute Gasteiger partial charge is 0.338 e. The molecule has 0 unspecified atom stereocenters. The third kappa shape index (κ3) is 2.51. The molecule has 0 aromatic carbocycles. The van der Waals surface area contributed by atoms with Gasteiger partial charge in [0.25, 0.3) is 5.91 Å². The number of nitrogens with zero attached hydrogens (tertiary/aromatic N) is 5. The lowest BCUT2D eigenvalue weighted by Gasteiger charge is -2.24. The van der Waals surface area contributed by atoms with Gasteiger partial charge in [0, 0.05) is 43.9 Å². The molecular formula is C17H17N5O2. The summed E-state index contributed by atoms with van der Waals surface area (Å²) in [5.41, 5.74) is 1.13. The van der Waals surface area contributed by atoms with Gasteiger partial charge in [0.15, 0.2) is 0 Å². The van der Waals surface area contributed by atoms with Gasteiger partial charge in [-0.3, -0.25) is 14.6 Å². The molecule has 2 aromatic rings. The molecule has 7 nitrogen and oxygen atoms in total. The van der Waals surface area contributed by atoms with E-state index >= 15 is 0 Å². The molecule has 4 heterocycles. The van der Waals surface area contributed by atoms with E-state index in [0.717, 1.165) is 12.1 Å². The van der Waals surface area contributed by atoms with Crippen molar-refractivity contribution in [1.82, 2.24) is 19.9 Å². The van der Waals surface area contributed by atoms with Crippen LogP contribution in [0.2, 0.25) is 0 Å². The summed E-state index contributed by atoms with van der Waals surface area (Å²) in [5.74, 6) is 0.0504. The Balaban J connectivity index is 1.50. The maximum Gasteiger partial charge on any atom is 0.255 e. The van der Waals surface area contributed by atoms with E-state index in [4.69, 9.17) is 0 Å². The first-order valence-corrected chi connectivity index (χ1v) is 7.92. The maximum atomic E-state index is 12.6. The maximum absolute atomic E-state index is 12.6. The van der Waals surface area contributed by atoms with Crippen molar-refractivity contribution in [2.24, 2.45) is 5.41 Å². The normalized spacial score (nSPS) is 23.2. The first kappa shape index (κ1) is 14.7. The van der Waals surface area contributed by atoms with E-state index in [1.54, 1.807) is 41.8 Å². The van der Waals surface area contributed by atoms with E-state index in [2.05, 4.69) is 15.0 Å². The predicted molar refractivity (Wildman–Crippen MR) is 86.2 cm³/mol. The predicted octanol–water partition coefficient (Wildman–Crippen LogP) is 1.14. The molecule has 0 bridgehead atoms. The zero-order valence-corrected chi connectivity index (χ0v) is 13.1. The molecule has 0 N–H and O–H groups in total. The third-order valence-corrected chi connectivity index (χ3v) is 4.81. The summed E-state index contributed by atoms with van der Waals surface area (Å²) >= 11 is 0. The van der Waals surface area contributed by atoms with Crippen LogP contribution in [0.5, 0.6) is 0 Å². The second-order valence-corrected chi connectivity index (χ2v) is 6.47. The second kappa shape index (κ2) is 5.67. The summed E-state index contributed by atoms with van der Waals surface area (Å²) < 4.78 is 0. The molecule has 1 atom stereocenters. The molecule has 0 saturated carbocycles. The van der Waals surface area contributed by atoms with Gasteiger partial charge >= 0.3 is 0 Å². The van der Waals surface area contributed by atoms with Crippen LogP contribution in [0.15, 0.2) is 43.2 Å². The molecule has 2 saturated heterocycles. The van der Waals surface area contributed by atoms with Crippen LogP contribution >= 0.6 is 0 Å². The summed E-state index contributed by atoms with van der Waals surface area (Å²) in [5, 5.41) is 0. The van der Waals surface area contributed by atoms with E-state index in [-0.39, 0.29) is 17.2 Å². The quantitative estimate of drug-likeness (QED) is 0.828. The number of rotatable bonds is 2. The van der Waals surface area contributed by atoms with Crippen molar-refractivity contribution < 1.29 is 9.59 Å². The Kier molecular flexibility index (Phi) is 3.48. The molecule has 0 radical (unpaired) electrons. The fourth-order valence-corrected chi connectivity index (χ4v) is 3.62. The summed E-state index contributed by atoms with van der Waals surface area (Å²) in [7, 11) is 0. The van der Waals surface area contributed by atoms with Gasteiger partial charge in [0.05, 0.1) is 23.6 Å². The highest BCUT2D eigenvalue weighted by atomic mass is 16.2. The Labute approximate surface area is 139 Å². The van der Waals surface area contributed by atoms with Crippen molar-refractivity contribution in [3.8, 4) is 0 Å². The molecular weight excluding hydrogens is 306 g/mol. The summed E-state index contributed by atoms with van der Waals surface area (Å²) in [6.07, 6.45) is 9.27. The smallest absolute Gasteiger partial charge is 0.255 e. The molecule has 2 aromatic heterocycles. The van der Waals surface area contributed by atoms with Gasteiger partial charge in [-0.25, -0.2) is 9.97 Å². The zero-order valence-electron chi connectivity index (χ0n) is 13.1. The zero-order chi connectivity index (χ0) is 16.6. The van der Waals surface area contributed by atoms with Gasteiger partial charge in [0.2, 0.25) is 5.91 Å². The van der Waals surface area contributed by atoms with Crippen LogP contribution in [0.25, 0.3) is 0 Å². The van der Waals surface area contributed by atoms with Crippen molar-refractivity contribution in [2.45, 2.75) is 12.8 Å². The highest BCUT2D eigenvalue weighted by Gasteiger charge is 2.49. The third-order valence-electron chi connectivity index (χ3n) is 4.81. The topological polar surface area (TPSA) is 79.3 Å². The highest BCUT2D eigenvalue weighted by molar-refractivity contribution is 5.97. The first-order valence-electron chi connectivity index (χ1n) is 7.92. The number of pyridine rings is 1. The number of anilines is 1. The molecule has 2 amide bonds. The number of hydrogen-bond acceptors (Lipinski definition) is 5. The molecule has 7 heteroatoms. The Bertz CT molecular complexity index is 767. The van der Waals surface area contributed by atoms with Crippen LogP contribution in [0.1, 0.15) is 23.2 Å². The Morgan fingerprint density at radius 3 is 2.71 bits per heavy atom. The number of carbonyl (C=O) groups excluding carboxylic acids is 2. The first-order chi connectivity index (χ1) is 11.7. The van der Waals surface area contributed by atoms with Crippen molar-refractivity contribution in [3.05, 3.63) is 48.8 Å². The molecule has 0 aliphatic carbocycles. The lowest BCUT2D eigenvalue weighted by atomic mass is 9.86. The van der Waals surface area contributed by atoms with Gasteiger partial charge in [-0.2, -0.15) is 0 Å². The SMILES string of the molecule is O=C(c1cccnc1)N1CC[C@]2(CC(=O)N(c3cncnc3)C2)C1. The summed E-state index contributed by atoms with van der Waals surface area (Å²) in [6.45, 7) is 1.87. The van der Waals surface area contributed by atoms with Crippen LogP contribution in [0, 0.1) is 5.41 Å². The summed E-state index contributed by atoms with van der Waals surface area (Å²) in [6, 6.07) is 3.53. The molecule has 2 aliphatic heterocycles. The number of likely N-dealkylation sites (tertiary alicyclic amines) is 1. The van der Waals surface area contributed by atoms with E-state index in [1.807, 2.05) is 4.90 Å². The van der Waals surface area contributed by atoms with Crippen LogP contribution in [-0.4, -0.2) is 51.3 Å². The molecule has 24 heavy (non-hydrogen) atoms. The fourth-order valence-electron chi connectivity index (χ4n) is 3.62. The van der Waals surface area contributed by atoms with E-state index in [1.165, 1.54) is 6.33 Å². The van der Waals surface area contributed by atoms with E-state index in [9.17, 15) is 9.59 Å². The minimum Gasteiger partial charge on any atom is -0.338 e. The van der Waals surface area contributed by atoms with Crippen LogP contribution in [0.4, 0.5) is 5.69 Å². The van der Waals surface area contributed by atoms with Crippen LogP contribution in [0.3, 0.4) is 0 Å². The van der Waals surface area contributed by atoms with Gasteiger partial charge in [-0.05, 0) is 18.6 Å². The lowest BCUT2D eigenvalue weighted by Crippen LogP contribution is -2.34. The standard InChI is InChI=1S/C17H17N5O2/c23-15-6-17(11-22(15)14-8-19-12-20-9-14)3-5-21(10-17)16(24)13-2-1-4-18-7-13/h1-2,4,7-9,12H,3,5-6,10-11H2/t17-/m0/s1. The second-order valence-electron chi connectivity index (χ2n) is 6.47. The number of carbonyl (C=O) groups is 2. The number of amides is 2. The number of hydrogen-bond donors (Lipinski definition) is 0. The lowest BCUT2D eigenvalue weighted by molar-refractivity contribution is -0.117. The average molecular weight is 323 g/mol. The van der Waals surface area contributed by atoms with E-state index in [0.29, 0.717) is 31.6 Å². The number of aromatic nitrogens is 3. The van der Waals surface area contributed by atoms with Gasteiger partial charge in [-0.1, -0.05) is 0 Å². The minimum absolute atomic E-state index is 0.0195. The van der Waals surface area contributed by atoms with Crippen molar-refractivity contribution >= 4 is 17.5 Å². The van der Waals surface area contributed by atoms with Gasteiger partial charge in [-0.15, -0.1) is 0 Å². The fraction of sp³-hybridized carbons (Fsp3) is 0.353. The average Bonchev–Trinajstić information content (AvgIpc) is 3.19. The van der Waals surface area contributed by atoms with Crippen molar-refractivity contribution in [3.63, 3.8) is 0 Å². The molecule has 1 spiro atoms. The Morgan fingerprint density at radius 1 is 1.12 bits per heavy atom. The molecule has 2 fully saturated rings. The van der Waals surface area contributed by atoms with Crippen molar-refractivity contribution in [1.29, 1.82) is 0 Å². The monoisotopic (exact) mass is 323 g/mol. The van der Waals surface area contributed by atoms with Crippen LogP contribution in [-0.2, 0) is 4.79 Å². The minimum atomic E-state index is -0.176. The summed E-state index contributed by atoms with van der Waals surface area (Å²) in [4.78, 5) is 40.6. The van der Waals surface area contributed by atoms with Gasteiger partial charge < -0.3 is 9.80 Å². The Hall–Kier alpha value is -2.83. The molecule has 122 valence electrons. The molecule has 2 aliphatic rings. The van der Waals surface area contributed by atoms with Crippen LogP contribution < -0.4 is 4.90 Å². The van der Waals surface area contributed by atoms with E-state index < -0.39 is 0 Å². The van der Waals surface area contributed by atoms with Gasteiger partial charge in [0.1, 0.15) is 6.33 Å².